The molecular weight excluding hydrogens is 550 g/mol. The molecule has 194 valence electrons. The Hall–Kier alpha value is -3.39. The van der Waals surface area contributed by atoms with Crippen molar-refractivity contribution in [1.29, 1.82) is 0 Å². The van der Waals surface area contributed by atoms with Crippen molar-refractivity contribution in [1.82, 2.24) is 20.0 Å². The number of carbonyl (C=O) groups excluding carboxylic acids is 2. The minimum Gasteiger partial charge on any atom is -0.504 e. The number of alkyl halides is 3. The molecule has 5 rings (SSSR count). The summed E-state index contributed by atoms with van der Waals surface area (Å²) >= 11 is 6.82. The molecule has 1 aromatic heterocycles. The summed E-state index contributed by atoms with van der Waals surface area (Å²) in [6.45, 7) is -0.403. The van der Waals surface area contributed by atoms with E-state index in [0.717, 1.165) is 22.3 Å². The number of benzene rings is 2. The molecule has 2 aliphatic rings. The van der Waals surface area contributed by atoms with Gasteiger partial charge in [-0.15, -0.1) is 10.2 Å². The number of phenolic OH excluding ortho intramolecular Hbond substituents is 1. The molecule has 2 heterocycles. The van der Waals surface area contributed by atoms with Gasteiger partial charge in [-0.2, -0.15) is 13.2 Å². The number of aromatic nitrogens is 2. The first kappa shape index (κ1) is 25.3. The molecular formula is C22H13ClF6N4O3S. The van der Waals surface area contributed by atoms with Gasteiger partial charge >= 0.3 is 12.2 Å². The van der Waals surface area contributed by atoms with Crippen molar-refractivity contribution >= 4 is 34.9 Å². The van der Waals surface area contributed by atoms with E-state index >= 15 is 0 Å². The summed E-state index contributed by atoms with van der Waals surface area (Å²) in [5, 5.41) is 17.4. The van der Waals surface area contributed by atoms with Gasteiger partial charge in [-0.1, -0.05) is 29.0 Å². The molecule has 0 unspecified atom stereocenters. The molecule has 0 bridgehead atoms. The molecule has 3 amide bonds. The monoisotopic (exact) mass is 562 g/mol. The second kappa shape index (κ2) is 8.58. The first-order valence-corrected chi connectivity index (χ1v) is 11.7. The molecule has 0 radical (unpaired) electrons. The molecule has 15 heteroatoms. The Morgan fingerprint density at radius 2 is 1.78 bits per heavy atom. The molecule has 1 N–H and O–H groups in total. The van der Waals surface area contributed by atoms with Crippen molar-refractivity contribution in [3.05, 3.63) is 63.4 Å². The Morgan fingerprint density at radius 1 is 1.08 bits per heavy atom. The summed E-state index contributed by atoms with van der Waals surface area (Å²) in [4.78, 5) is 27.2. The number of rotatable bonds is 5. The smallest absolute Gasteiger partial charge is 0.413 e. The van der Waals surface area contributed by atoms with Crippen LogP contribution in [-0.2, 0) is 11.3 Å². The largest absolute Gasteiger partial charge is 0.504 e. The topological polar surface area (TPSA) is 86.6 Å². The second-order valence-electron chi connectivity index (χ2n) is 8.44. The van der Waals surface area contributed by atoms with E-state index in [0.29, 0.717) is 12.1 Å². The van der Waals surface area contributed by atoms with Crippen LogP contribution in [0.1, 0.15) is 29.5 Å². The Balaban J connectivity index is 1.48. The van der Waals surface area contributed by atoms with Gasteiger partial charge in [0.2, 0.25) is 0 Å². The fourth-order valence-electron chi connectivity index (χ4n) is 4.24. The molecule has 7 nitrogen and oxygen atoms in total. The summed E-state index contributed by atoms with van der Waals surface area (Å²) in [6, 6.07) is -0.710. The van der Waals surface area contributed by atoms with Crippen LogP contribution in [0, 0.1) is 17.5 Å². The maximum Gasteiger partial charge on any atom is 0.413 e. The number of phenols is 1. The summed E-state index contributed by atoms with van der Waals surface area (Å²) in [6.07, 6.45) is -5.10. The van der Waals surface area contributed by atoms with Gasteiger partial charge in [0.1, 0.15) is 27.2 Å². The van der Waals surface area contributed by atoms with E-state index in [-0.39, 0.29) is 44.4 Å². The van der Waals surface area contributed by atoms with Crippen LogP contribution >= 0.6 is 22.9 Å². The van der Waals surface area contributed by atoms with E-state index in [9.17, 15) is 41.0 Å². The Kier molecular flexibility index (Phi) is 5.86. The van der Waals surface area contributed by atoms with E-state index in [2.05, 4.69) is 10.2 Å². The summed E-state index contributed by atoms with van der Waals surface area (Å²) in [7, 11) is 0. The van der Waals surface area contributed by atoms with Crippen LogP contribution in [-0.4, -0.2) is 48.8 Å². The van der Waals surface area contributed by atoms with Gasteiger partial charge in [0.25, 0.3) is 5.91 Å². The fraction of sp³-hybridized carbons (Fsp3) is 0.273. The van der Waals surface area contributed by atoms with Gasteiger partial charge in [0.05, 0.1) is 11.6 Å². The number of aromatic hydroxyl groups is 1. The van der Waals surface area contributed by atoms with Crippen LogP contribution in [0.25, 0.3) is 10.6 Å². The van der Waals surface area contributed by atoms with Crippen molar-refractivity contribution < 1.29 is 41.0 Å². The van der Waals surface area contributed by atoms with Crippen molar-refractivity contribution in [2.75, 3.05) is 0 Å². The van der Waals surface area contributed by atoms with Crippen molar-refractivity contribution in [3.8, 4) is 16.3 Å². The van der Waals surface area contributed by atoms with Gasteiger partial charge in [-0.05, 0) is 31.0 Å². The Morgan fingerprint density at radius 3 is 2.41 bits per heavy atom. The highest BCUT2D eigenvalue weighted by atomic mass is 35.5. The van der Waals surface area contributed by atoms with Crippen LogP contribution in [0.3, 0.4) is 0 Å². The number of hydrogen-bond acceptors (Lipinski definition) is 6. The molecule has 2 aromatic carbocycles. The zero-order valence-corrected chi connectivity index (χ0v) is 19.8. The predicted molar refractivity (Wildman–Crippen MR) is 117 cm³/mol. The lowest BCUT2D eigenvalue weighted by Crippen LogP contribution is -2.43. The Bertz CT molecular complexity index is 1440. The minimum atomic E-state index is -5.26. The number of imide groups is 1. The molecule has 1 saturated carbocycles. The van der Waals surface area contributed by atoms with E-state index in [1.807, 2.05) is 0 Å². The number of hydrogen-bond donors (Lipinski definition) is 1. The molecule has 1 aliphatic carbocycles. The molecule has 2 fully saturated rings. The lowest BCUT2D eigenvalue weighted by atomic mass is 10.0. The highest BCUT2D eigenvalue weighted by molar-refractivity contribution is 7.14. The van der Waals surface area contributed by atoms with Gasteiger partial charge in [0, 0.05) is 17.2 Å². The molecule has 1 aliphatic heterocycles. The number of halogens is 7. The third-order valence-corrected chi connectivity index (χ3v) is 7.50. The van der Waals surface area contributed by atoms with Gasteiger partial charge in [-0.25, -0.2) is 22.9 Å². The van der Waals surface area contributed by atoms with E-state index < -0.39 is 65.0 Å². The lowest BCUT2D eigenvalue weighted by molar-refractivity contribution is -0.183. The van der Waals surface area contributed by atoms with Crippen LogP contribution in [0.15, 0.2) is 30.3 Å². The highest BCUT2D eigenvalue weighted by Crippen LogP contribution is 2.53. The molecule has 3 aromatic rings. The Labute approximate surface area is 212 Å². The highest BCUT2D eigenvalue weighted by Gasteiger charge is 2.68. The summed E-state index contributed by atoms with van der Waals surface area (Å²) in [5.74, 6) is -5.61. The average Bonchev–Trinajstić information content (AvgIpc) is 3.45. The normalized spacial score (nSPS) is 17.7. The third-order valence-electron chi connectivity index (χ3n) is 6.18. The van der Waals surface area contributed by atoms with Crippen LogP contribution in [0.2, 0.25) is 5.02 Å². The number of amides is 3. The molecule has 37 heavy (non-hydrogen) atoms. The summed E-state index contributed by atoms with van der Waals surface area (Å²) in [5.41, 5.74) is -2.51. The standard InChI is InChI=1S/C22H13ClF6N4O3S/c23-15-11(3-4-12(25)16(15)34)18-31-30-14(37-18)8-32-20(36)33(19(35)21(32)5-6-21)17(22(27,28)29)10-2-1-9(24)7-13(10)26/h1-4,7,17,34H,5-6,8H2/t17-/m0/s1. The SMILES string of the molecule is O=C1N([C@@H](c2ccc(F)cc2F)C(F)(F)F)C(=O)C2(CC2)N1Cc1nnc(-c2ccc(F)c(O)c2Cl)s1. The van der Waals surface area contributed by atoms with Crippen LogP contribution in [0.5, 0.6) is 5.75 Å². The van der Waals surface area contributed by atoms with Crippen LogP contribution in [0.4, 0.5) is 31.1 Å². The lowest BCUT2D eigenvalue weighted by Gasteiger charge is -2.28. The van der Waals surface area contributed by atoms with Crippen molar-refractivity contribution in [3.63, 3.8) is 0 Å². The molecule has 1 atom stereocenters. The average molecular weight is 563 g/mol. The minimum absolute atomic E-state index is 0.0415. The zero-order valence-electron chi connectivity index (χ0n) is 18.2. The fourth-order valence-corrected chi connectivity index (χ4v) is 5.40. The van der Waals surface area contributed by atoms with E-state index in [1.54, 1.807) is 0 Å². The predicted octanol–water partition coefficient (Wildman–Crippen LogP) is 5.58. The van der Waals surface area contributed by atoms with Gasteiger partial charge in [-0.3, -0.25) is 4.79 Å². The van der Waals surface area contributed by atoms with Crippen molar-refractivity contribution in [2.45, 2.75) is 37.1 Å². The first-order chi connectivity index (χ1) is 17.3. The van der Waals surface area contributed by atoms with E-state index in [4.69, 9.17) is 11.6 Å². The maximum absolute atomic E-state index is 14.4. The molecule has 1 spiro atoms. The molecule has 1 saturated heterocycles. The summed E-state index contributed by atoms with van der Waals surface area (Å²) < 4.78 is 83.5. The number of carbonyl (C=O) groups is 2. The second-order valence-corrected chi connectivity index (χ2v) is 9.88. The van der Waals surface area contributed by atoms with Gasteiger partial charge < -0.3 is 10.0 Å². The number of urea groups is 1. The quantitative estimate of drug-likeness (QED) is 0.324. The van der Waals surface area contributed by atoms with Crippen molar-refractivity contribution in [2.24, 2.45) is 0 Å². The first-order valence-electron chi connectivity index (χ1n) is 10.5. The third kappa shape index (κ3) is 4.07. The van der Waals surface area contributed by atoms with Gasteiger partial charge in [0.15, 0.2) is 17.6 Å². The van der Waals surface area contributed by atoms with Crippen LogP contribution < -0.4 is 0 Å². The maximum atomic E-state index is 14.4. The number of nitrogens with zero attached hydrogens (tertiary/aromatic N) is 4. The van der Waals surface area contributed by atoms with E-state index in [1.165, 1.54) is 6.07 Å². The zero-order chi connectivity index (χ0) is 26.9.